The van der Waals surface area contributed by atoms with Crippen molar-refractivity contribution in [3.8, 4) is 0 Å². The van der Waals surface area contributed by atoms with Crippen LogP contribution < -0.4 is 5.32 Å². The maximum Gasteiger partial charge on any atom is 0.261 e. The maximum atomic E-state index is 13.5. The Morgan fingerprint density at radius 2 is 1.87 bits per heavy atom. The molecular formula is C22H18N4O2S2. The van der Waals surface area contributed by atoms with Gasteiger partial charge in [-0.05, 0) is 23.3 Å². The average molecular weight is 435 g/mol. The van der Waals surface area contributed by atoms with Gasteiger partial charge < -0.3 is 15.2 Å². The highest BCUT2D eigenvalue weighted by Crippen LogP contribution is 2.67. The molecule has 4 atom stereocenters. The van der Waals surface area contributed by atoms with Gasteiger partial charge in [0, 0.05) is 36.3 Å². The lowest BCUT2D eigenvalue weighted by Crippen LogP contribution is -2.70. The second kappa shape index (κ2) is 5.36. The molecule has 2 amide bonds. The minimum atomic E-state index is -0.894. The van der Waals surface area contributed by atoms with Crippen LogP contribution in [0.25, 0.3) is 10.9 Å². The van der Waals surface area contributed by atoms with E-state index >= 15 is 0 Å². The number of amides is 2. The van der Waals surface area contributed by atoms with Crippen LogP contribution in [0.1, 0.15) is 17.5 Å². The van der Waals surface area contributed by atoms with Gasteiger partial charge in [-0.25, -0.2) is 0 Å². The summed E-state index contributed by atoms with van der Waals surface area (Å²) in [6.07, 6.45) is 2.32. The van der Waals surface area contributed by atoms with E-state index in [2.05, 4.69) is 40.8 Å². The van der Waals surface area contributed by atoms with Crippen LogP contribution in [0.2, 0.25) is 0 Å². The number of fused-ring (bicyclic) bond motifs is 6. The molecule has 3 aromatic rings. The van der Waals surface area contributed by atoms with Crippen LogP contribution in [0, 0.1) is 0 Å². The molecule has 0 radical (unpaired) electrons. The van der Waals surface area contributed by atoms with E-state index in [1.807, 2.05) is 29.2 Å². The molecule has 2 bridgehead atoms. The lowest BCUT2D eigenvalue weighted by atomic mass is 9.72. The third-order valence-electron chi connectivity index (χ3n) is 7.13. The third kappa shape index (κ3) is 1.70. The number of hydrogen-bond donors (Lipinski definition) is 2. The lowest BCUT2D eigenvalue weighted by molar-refractivity contribution is -0.157. The number of carbonyl (C=O) groups excluding carboxylic acids is 2. The first-order chi connectivity index (χ1) is 14.6. The van der Waals surface area contributed by atoms with Gasteiger partial charge >= 0.3 is 0 Å². The smallest absolute Gasteiger partial charge is 0.261 e. The minimum Gasteiger partial charge on any atom is -0.364 e. The second-order valence-electron chi connectivity index (χ2n) is 8.43. The Morgan fingerprint density at radius 1 is 1.07 bits per heavy atom. The van der Waals surface area contributed by atoms with Crippen LogP contribution >= 0.6 is 21.6 Å². The Kier molecular flexibility index (Phi) is 3.06. The molecule has 2 aromatic carbocycles. The molecule has 1 aromatic heterocycles. The van der Waals surface area contributed by atoms with E-state index in [0.717, 1.165) is 27.7 Å². The number of nitrogens with zero attached hydrogens (tertiary/aromatic N) is 2. The van der Waals surface area contributed by atoms with Gasteiger partial charge in [-0.15, -0.1) is 0 Å². The fraction of sp³-hybridized carbons (Fsp3) is 0.273. The van der Waals surface area contributed by atoms with Crippen LogP contribution in [-0.2, 0) is 15.0 Å². The number of likely N-dealkylation sites (N-methyl/N-ethyl adjacent to an activating group) is 1. The van der Waals surface area contributed by atoms with E-state index < -0.39 is 15.7 Å². The summed E-state index contributed by atoms with van der Waals surface area (Å²) in [5.41, 5.74) is 3.89. The van der Waals surface area contributed by atoms with E-state index in [1.54, 1.807) is 22.7 Å². The summed E-state index contributed by atoms with van der Waals surface area (Å²) >= 11 is 0. The Morgan fingerprint density at radius 3 is 2.77 bits per heavy atom. The van der Waals surface area contributed by atoms with Crippen LogP contribution in [0.4, 0.5) is 5.69 Å². The zero-order valence-electron chi connectivity index (χ0n) is 16.1. The first-order valence-electron chi connectivity index (χ1n) is 9.95. The Bertz CT molecular complexity index is 1270. The van der Waals surface area contributed by atoms with Crippen molar-refractivity contribution in [3.63, 3.8) is 0 Å². The van der Waals surface area contributed by atoms with Crippen molar-refractivity contribution in [3.05, 3.63) is 65.9 Å². The van der Waals surface area contributed by atoms with Gasteiger partial charge in [0.2, 0.25) is 0 Å². The van der Waals surface area contributed by atoms with Gasteiger partial charge in [0.25, 0.3) is 11.8 Å². The molecule has 0 saturated carbocycles. The number of H-pyrrole nitrogens is 1. The van der Waals surface area contributed by atoms with Crippen molar-refractivity contribution in [2.45, 2.75) is 28.2 Å². The van der Waals surface area contributed by atoms with Crippen molar-refractivity contribution in [1.82, 2.24) is 14.8 Å². The lowest BCUT2D eigenvalue weighted by Gasteiger charge is -2.52. The number of para-hydroxylation sites is 2. The number of nitrogens with one attached hydrogen (secondary N) is 2. The molecule has 0 aliphatic carbocycles. The standard InChI is InChI=1S/C22H18N4O2S2/c1-25-18-17(27)26-19-21(11-22(26,20(25)28)30-29-18,13-7-3-5-9-16(13)24-19)14-10-23-15-8-4-2-6-12(14)15/h2-10,18-19,23-24H,11H2,1H3/t18-,19+,21+,22?/m0/s1. The van der Waals surface area contributed by atoms with Crippen molar-refractivity contribution in [2.24, 2.45) is 0 Å². The summed E-state index contributed by atoms with van der Waals surface area (Å²) < 4.78 is 0. The molecule has 1 spiro atoms. The number of benzene rings is 2. The van der Waals surface area contributed by atoms with Gasteiger partial charge in [0.05, 0.1) is 5.41 Å². The Balaban J connectivity index is 1.55. The fourth-order valence-corrected chi connectivity index (χ4v) is 9.34. The molecule has 4 saturated heterocycles. The molecule has 2 N–H and O–H groups in total. The highest BCUT2D eigenvalue weighted by Gasteiger charge is 2.74. The maximum absolute atomic E-state index is 13.5. The molecule has 8 heteroatoms. The van der Waals surface area contributed by atoms with Gasteiger partial charge in [-0.1, -0.05) is 58.0 Å². The molecule has 30 heavy (non-hydrogen) atoms. The number of hydrogen-bond acceptors (Lipinski definition) is 5. The van der Waals surface area contributed by atoms with Gasteiger partial charge in [0.15, 0.2) is 10.2 Å². The largest absolute Gasteiger partial charge is 0.364 e. The van der Waals surface area contributed by atoms with E-state index in [-0.39, 0.29) is 18.0 Å². The predicted octanol–water partition coefficient (Wildman–Crippen LogP) is 3.33. The topological polar surface area (TPSA) is 68.4 Å². The van der Waals surface area contributed by atoms with Crippen molar-refractivity contribution in [1.29, 1.82) is 0 Å². The zero-order valence-corrected chi connectivity index (χ0v) is 17.7. The highest BCUT2D eigenvalue weighted by atomic mass is 33.1. The van der Waals surface area contributed by atoms with Gasteiger partial charge in [-0.2, -0.15) is 0 Å². The fourth-order valence-electron chi connectivity index (χ4n) is 5.88. The number of aromatic nitrogens is 1. The molecule has 4 fully saturated rings. The number of piperazine rings is 1. The SMILES string of the molecule is CN1C(=O)C23C[C@]4(c5c[nH]c6ccccc56)c5ccccc5N[C@@H]4N2C(=O)[C@@H]1SS3. The molecule has 6 nitrogen and oxygen atoms in total. The first-order valence-corrected chi connectivity index (χ1v) is 12.2. The Labute approximate surface area is 180 Å². The number of rotatable bonds is 1. The van der Waals surface area contributed by atoms with Gasteiger partial charge in [0.1, 0.15) is 6.17 Å². The first kappa shape index (κ1) is 17.1. The van der Waals surface area contributed by atoms with Crippen LogP contribution in [0.5, 0.6) is 0 Å². The summed E-state index contributed by atoms with van der Waals surface area (Å²) in [5.74, 6) is 0.0524. The van der Waals surface area contributed by atoms with Crippen LogP contribution in [-0.4, -0.2) is 50.1 Å². The molecule has 150 valence electrons. The summed E-state index contributed by atoms with van der Waals surface area (Å²) in [7, 11) is 4.83. The molecule has 5 aliphatic rings. The van der Waals surface area contributed by atoms with E-state index in [0.29, 0.717) is 6.42 Å². The van der Waals surface area contributed by atoms with Crippen molar-refractivity contribution < 1.29 is 9.59 Å². The Hall–Kier alpha value is -2.58. The highest BCUT2D eigenvalue weighted by molar-refractivity contribution is 8.78. The summed E-state index contributed by atoms with van der Waals surface area (Å²) in [5, 5.41) is 4.31. The summed E-state index contributed by atoms with van der Waals surface area (Å²) in [6, 6.07) is 16.5. The molecule has 8 rings (SSSR count). The predicted molar refractivity (Wildman–Crippen MR) is 119 cm³/mol. The average Bonchev–Trinajstić information content (AvgIpc) is 3.40. The summed E-state index contributed by atoms with van der Waals surface area (Å²) in [6.45, 7) is 0. The third-order valence-corrected chi connectivity index (χ3v) is 10.4. The molecule has 5 aliphatic heterocycles. The minimum absolute atomic E-state index is 0.0212. The van der Waals surface area contributed by atoms with E-state index in [9.17, 15) is 9.59 Å². The summed E-state index contributed by atoms with van der Waals surface area (Å²) in [4.78, 5) is 33.1. The van der Waals surface area contributed by atoms with Gasteiger partial charge in [-0.3, -0.25) is 14.5 Å². The molecular weight excluding hydrogens is 416 g/mol. The number of anilines is 1. The van der Waals surface area contributed by atoms with Crippen molar-refractivity contribution in [2.75, 3.05) is 12.4 Å². The number of aromatic amines is 1. The monoisotopic (exact) mass is 434 g/mol. The molecule has 6 heterocycles. The van der Waals surface area contributed by atoms with Crippen molar-refractivity contribution >= 4 is 50.0 Å². The molecule has 1 unspecified atom stereocenters. The van der Waals surface area contributed by atoms with E-state index in [1.165, 1.54) is 10.8 Å². The quantitative estimate of drug-likeness (QED) is 0.575. The van der Waals surface area contributed by atoms with Crippen LogP contribution in [0.15, 0.2) is 54.7 Å². The normalized spacial score (nSPS) is 33.6. The second-order valence-corrected chi connectivity index (χ2v) is 11.0. The zero-order chi connectivity index (χ0) is 20.3. The number of carbonyl (C=O) groups is 2. The van der Waals surface area contributed by atoms with E-state index in [4.69, 9.17) is 0 Å². The van der Waals surface area contributed by atoms with Crippen LogP contribution in [0.3, 0.4) is 0 Å².